The molecule has 68 valence electrons. The molecule has 2 aromatic rings. The van der Waals surface area contributed by atoms with Crippen LogP contribution in [0.4, 0.5) is 0 Å². The summed E-state index contributed by atoms with van der Waals surface area (Å²) in [6, 6.07) is 8.44. The molecule has 0 unspecified atom stereocenters. The number of aromatic amines is 1. The van der Waals surface area contributed by atoms with E-state index in [4.69, 9.17) is 0 Å². The van der Waals surface area contributed by atoms with Crippen LogP contribution in [0.3, 0.4) is 0 Å². The lowest BCUT2D eigenvalue weighted by molar-refractivity contribution is 1.16. The summed E-state index contributed by atoms with van der Waals surface area (Å²) in [4.78, 5) is 3.38. The topological polar surface area (TPSA) is 15.8 Å². The third-order valence-corrected chi connectivity index (χ3v) is 3.42. The molecule has 2 rings (SSSR count). The lowest BCUT2D eigenvalue weighted by Crippen LogP contribution is -1.86. The Hall–Kier alpha value is -0.0300. The number of aromatic nitrogens is 1. The molecule has 0 radical (unpaired) electrons. The van der Waals surface area contributed by atoms with Gasteiger partial charge >= 0.3 is 0 Å². The quantitative estimate of drug-likeness (QED) is 0.628. The summed E-state index contributed by atoms with van der Waals surface area (Å²) in [6.45, 7) is 0. The van der Waals surface area contributed by atoms with Crippen LogP contribution >= 0.6 is 38.5 Å². The van der Waals surface area contributed by atoms with Gasteiger partial charge in [-0.25, -0.2) is 0 Å². The molecular formula is C10H9BrIN. The minimum absolute atomic E-state index is 1.02. The van der Waals surface area contributed by atoms with Crippen LogP contribution in [-0.4, -0.2) is 10.3 Å². The van der Waals surface area contributed by atoms with E-state index < -0.39 is 0 Å². The second kappa shape index (κ2) is 4.00. The van der Waals surface area contributed by atoms with Gasteiger partial charge in [0.2, 0.25) is 0 Å². The summed E-state index contributed by atoms with van der Waals surface area (Å²) < 4.78 is 1.26. The zero-order valence-corrected chi connectivity index (χ0v) is 10.7. The molecule has 0 saturated carbocycles. The largest absolute Gasteiger partial charge is 0.350 e. The van der Waals surface area contributed by atoms with Crippen molar-refractivity contribution < 1.29 is 0 Å². The minimum atomic E-state index is 1.02. The second-order valence-corrected chi connectivity index (χ2v) is 4.77. The second-order valence-electron chi connectivity index (χ2n) is 2.90. The molecule has 13 heavy (non-hydrogen) atoms. The van der Waals surface area contributed by atoms with Gasteiger partial charge in [0, 0.05) is 16.2 Å². The van der Waals surface area contributed by atoms with Crippen LogP contribution in [0.5, 0.6) is 0 Å². The SMILES string of the molecule is BrCCc1c(I)[nH]c2ccccc12. The van der Waals surface area contributed by atoms with Gasteiger partial charge in [-0.2, -0.15) is 0 Å². The van der Waals surface area contributed by atoms with Gasteiger partial charge in [0.1, 0.15) is 0 Å². The number of H-pyrrole nitrogens is 1. The van der Waals surface area contributed by atoms with E-state index in [0.29, 0.717) is 0 Å². The van der Waals surface area contributed by atoms with E-state index >= 15 is 0 Å². The van der Waals surface area contributed by atoms with Gasteiger partial charge in [-0.05, 0) is 40.6 Å². The van der Waals surface area contributed by atoms with Crippen molar-refractivity contribution >= 4 is 49.4 Å². The number of benzene rings is 1. The maximum atomic E-state index is 3.47. The van der Waals surface area contributed by atoms with Crippen LogP contribution in [0.2, 0.25) is 0 Å². The number of nitrogens with one attached hydrogen (secondary N) is 1. The predicted molar refractivity (Wildman–Crippen MR) is 68.5 cm³/mol. The summed E-state index contributed by atoms with van der Waals surface area (Å²) in [5.41, 5.74) is 2.66. The number of aryl methyl sites for hydroxylation is 1. The molecule has 1 aromatic heterocycles. The van der Waals surface area contributed by atoms with Crippen molar-refractivity contribution in [2.24, 2.45) is 0 Å². The molecule has 1 nitrogen and oxygen atoms in total. The van der Waals surface area contributed by atoms with E-state index in [1.54, 1.807) is 0 Å². The summed E-state index contributed by atoms with van der Waals surface area (Å²) in [6.07, 6.45) is 1.09. The Morgan fingerprint density at radius 3 is 2.85 bits per heavy atom. The van der Waals surface area contributed by atoms with Crippen LogP contribution in [0.1, 0.15) is 5.56 Å². The highest BCUT2D eigenvalue weighted by molar-refractivity contribution is 14.1. The molecule has 0 amide bonds. The molecule has 0 aliphatic rings. The lowest BCUT2D eigenvalue weighted by Gasteiger charge is -1.95. The predicted octanol–water partition coefficient (Wildman–Crippen LogP) is 3.71. The normalized spacial score (nSPS) is 10.9. The van der Waals surface area contributed by atoms with Crippen molar-refractivity contribution in [3.63, 3.8) is 0 Å². The first kappa shape index (κ1) is 9.52. The van der Waals surface area contributed by atoms with Gasteiger partial charge in [-0.3, -0.25) is 0 Å². The molecular weight excluding hydrogens is 341 g/mol. The fraction of sp³-hybridized carbons (Fsp3) is 0.200. The molecule has 0 aliphatic heterocycles. The average Bonchev–Trinajstić information content (AvgIpc) is 2.44. The van der Waals surface area contributed by atoms with E-state index in [-0.39, 0.29) is 0 Å². The Balaban J connectivity index is 2.64. The van der Waals surface area contributed by atoms with E-state index in [1.165, 1.54) is 20.2 Å². The number of rotatable bonds is 2. The van der Waals surface area contributed by atoms with Gasteiger partial charge in [-0.15, -0.1) is 0 Å². The molecule has 0 fully saturated rings. The summed E-state index contributed by atoms with van der Waals surface area (Å²) >= 11 is 5.83. The van der Waals surface area contributed by atoms with E-state index in [2.05, 4.69) is 67.8 Å². The monoisotopic (exact) mass is 349 g/mol. The van der Waals surface area contributed by atoms with Gasteiger partial charge in [0.05, 0.1) is 3.70 Å². The Bertz CT molecular complexity index is 422. The highest BCUT2D eigenvalue weighted by Gasteiger charge is 2.06. The maximum Gasteiger partial charge on any atom is 0.0815 e. The zero-order chi connectivity index (χ0) is 9.26. The van der Waals surface area contributed by atoms with E-state index in [1.807, 2.05) is 0 Å². The Labute approximate surface area is 99.2 Å². The number of hydrogen-bond acceptors (Lipinski definition) is 0. The van der Waals surface area contributed by atoms with Crippen LogP contribution in [0.15, 0.2) is 24.3 Å². The number of halogens is 2. The molecule has 0 atom stereocenters. The van der Waals surface area contributed by atoms with Crippen LogP contribution in [0, 0.1) is 3.70 Å². The van der Waals surface area contributed by atoms with Gasteiger partial charge in [-0.1, -0.05) is 34.1 Å². The standard InChI is InChI=1S/C10H9BrIN/c11-6-5-8-7-3-1-2-4-9(7)13-10(8)12/h1-4,13H,5-6H2. The molecule has 1 heterocycles. The third kappa shape index (κ3) is 1.76. The van der Waals surface area contributed by atoms with Crippen LogP contribution in [-0.2, 0) is 6.42 Å². The molecule has 1 N–H and O–H groups in total. The molecule has 0 spiro atoms. The molecule has 0 aliphatic carbocycles. The van der Waals surface area contributed by atoms with Crippen molar-refractivity contribution in [3.8, 4) is 0 Å². The number of fused-ring (bicyclic) bond motifs is 1. The third-order valence-electron chi connectivity index (χ3n) is 2.11. The maximum absolute atomic E-state index is 3.47. The van der Waals surface area contributed by atoms with Crippen molar-refractivity contribution in [2.75, 3.05) is 5.33 Å². The average molecular weight is 350 g/mol. The highest BCUT2D eigenvalue weighted by atomic mass is 127. The molecule has 0 bridgehead atoms. The number of alkyl halides is 1. The molecule has 3 heteroatoms. The minimum Gasteiger partial charge on any atom is -0.350 e. The fourth-order valence-electron chi connectivity index (χ4n) is 1.51. The summed E-state index contributed by atoms with van der Waals surface area (Å²) in [5.74, 6) is 0. The zero-order valence-electron chi connectivity index (χ0n) is 6.98. The number of para-hydroxylation sites is 1. The Morgan fingerprint density at radius 1 is 1.31 bits per heavy atom. The van der Waals surface area contributed by atoms with E-state index in [0.717, 1.165) is 11.8 Å². The molecule has 0 saturated heterocycles. The fourth-order valence-corrected chi connectivity index (χ4v) is 2.75. The first-order valence-corrected chi connectivity index (χ1v) is 6.34. The van der Waals surface area contributed by atoms with Gasteiger partial charge < -0.3 is 4.98 Å². The van der Waals surface area contributed by atoms with Crippen molar-refractivity contribution in [1.82, 2.24) is 4.98 Å². The van der Waals surface area contributed by atoms with Crippen molar-refractivity contribution in [1.29, 1.82) is 0 Å². The lowest BCUT2D eigenvalue weighted by atomic mass is 10.1. The summed E-state index contributed by atoms with van der Waals surface area (Å²) in [5, 5.41) is 2.37. The summed E-state index contributed by atoms with van der Waals surface area (Å²) in [7, 11) is 0. The Kier molecular flexibility index (Phi) is 2.93. The smallest absolute Gasteiger partial charge is 0.0815 e. The van der Waals surface area contributed by atoms with Crippen molar-refractivity contribution in [3.05, 3.63) is 33.5 Å². The Morgan fingerprint density at radius 2 is 2.08 bits per heavy atom. The first-order chi connectivity index (χ1) is 6.33. The highest BCUT2D eigenvalue weighted by Crippen LogP contribution is 2.24. The molecule has 1 aromatic carbocycles. The van der Waals surface area contributed by atoms with Crippen LogP contribution < -0.4 is 0 Å². The first-order valence-electron chi connectivity index (χ1n) is 4.14. The van der Waals surface area contributed by atoms with Crippen LogP contribution in [0.25, 0.3) is 10.9 Å². The number of hydrogen-bond donors (Lipinski definition) is 1. The van der Waals surface area contributed by atoms with Gasteiger partial charge in [0.15, 0.2) is 0 Å². The van der Waals surface area contributed by atoms with Gasteiger partial charge in [0.25, 0.3) is 0 Å². The van der Waals surface area contributed by atoms with E-state index in [9.17, 15) is 0 Å². The van der Waals surface area contributed by atoms with Crippen molar-refractivity contribution in [2.45, 2.75) is 6.42 Å².